The van der Waals surface area contributed by atoms with Crippen molar-refractivity contribution in [2.24, 2.45) is 34.3 Å². The Morgan fingerprint density at radius 2 is 1.46 bits per heavy atom. The summed E-state index contributed by atoms with van der Waals surface area (Å²) in [5, 5.41) is 8.43. The van der Waals surface area contributed by atoms with E-state index in [1.165, 1.54) is 26.0 Å². The molecule has 1 aliphatic heterocycles. The van der Waals surface area contributed by atoms with Crippen molar-refractivity contribution < 1.29 is 32.4 Å². The quantitative estimate of drug-likeness (QED) is 0.199. The largest absolute Gasteiger partial charge is 0.363 e. The Bertz CT molecular complexity index is 1250. The van der Waals surface area contributed by atoms with Crippen LogP contribution < -0.4 is 21.7 Å². The van der Waals surface area contributed by atoms with Gasteiger partial charge in [-0.3, -0.25) is 19.2 Å². The molecular formula is C31H57N7O7S. The van der Waals surface area contributed by atoms with Crippen LogP contribution in [0, 0.1) is 28.6 Å². The van der Waals surface area contributed by atoms with E-state index in [0.717, 1.165) is 21.5 Å². The molecule has 0 spiro atoms. The molecule has 1 heterocycles. The van der Waals surface area contributed by atoms with Crippen molar-refractivity contribution in [3.8, 4) is 0 Å². The van der Waals surface area contributed by atoms with Crippen LogP contribution in [0.15, 0.2) is 0 Å². The molecule has 0 aromatic carbocycles. The number of urea groups is 1. The van der Waals surface area contributed by atoms with E-state index in [0.29, 0.717) is 12.8 Å². The van der Waals surface area contributed by atoms with Gasteiger partial charge in [0.2, 0.25) is 17.6 Å². The Labute approximate surface area is 275 Å². The van der Waals surface area contributed by atoms with Crippen LogP contribution in [0.3, 0.4) is 0 Å². The van der Waals surface area contributed by atoms with Gasteiger partial charge in [-0.05, 0) is 41.4 Å². The summed E-state index contributed by atoms with van der Waals surface area (Å²) < 4.78 is 27.6. The van der Waals surface area contributed by atoms with Crippen LogP contribution in [0.5, 0.6) is 0 Å². The second kappa shape index (κ2) is 15.0. The Kier molecular flexibility index (Phi) is 12.8. The Balaban J connectivity index is 2.33. The summed E-state index contributed by atoms with van der Waals surface area (Å²) in [5.41, 5.74) is 3.97. The maximum Gasteiger partial charge on any atom is 0.315 e. The smallest absolute Gasteiger partial charge is 0.315 e. The lowest BCUT2D eigenvalue weighted by atomic mass is 9.84. The Morgan fingerprint density at radius 3 is 1.89 bits per heavy atom. The molecule has 15 heteroatoms. The van der Waals surface area contributed by atoms with Gasteiger partial charge >= 0.3 is 6.03 Å². The number of primary amides is 1. The summed E-state index contributed by atoms with van der Waals surface area (Å²) in [6, 6.07) is -4.30. The highest BCUT2D eigenvalue weighted by Crippen LogP contribution is 2.35. The lowest BCUT2D eigenvalue weighted by Crippen LogP contribution is -2.62. The molecule has 0 bridgehead atoms. The first-order valence-electron chi connectivity index (χ1n) is 16.0. The molecule has 264 valence electrons. The van der Waals surface area contributed by atoms with Crippen molar-refractivity contribution in [1.82, 2.24) is 29.5 Å². The van der Waals surface area contributed by atoms with Crippen molar-refractivity contribution >= 4 is 39.7 Å². The standard InChI is InChI=1S/C31H57N7O7S/c1-18(2)20-14-15-38(23(20)27(41)33-21(16-19-12-13-19)24(39)26(32)40)28(42)25(31(6,7)8)35-29(43)34-22(30(3,4)5)17-37(11)46(44,45)36(9)10/h18-23,25H,12-17H2,1-11H3,(H2,32,40)(H,33,41)(H2,34,35,43)/t20-,21?,22-,23+,25-/m1/s1. The second-order valence-corrected chi connectivity index (χ2v) is 17.8. The molecule has 5 atom stereocenters. The molecule has 2 aliphatic rings. The number of amides is 5. The lowest BCUT2D eigenvalue weighted by Gasteiger charge is -2.38. The predicted octanol–water partition coefficient (Wildman–Crippen LogP) is 1.07. The van der Waals surface area contributed by atoms with Gasteiger partial charge in [0.25, 0.3) is 16.1 Å². The zero-order chi connectivity index (χ0) is 35.5. The third kappa shape index (κ3) is 10.1. The average Bonchev–Trinajstić information content (AvgIpc) is 3.61. The van der Waals surface area contributed by atoms with E-state index in [1.54, 1.807) is 20.8 Å². The van der Waals surface area contributed by atoms with E-state index in [9.17, 15) is 32.4 Å². The van der Waals surface area contributed by atoms with E-state index >= 15 is 0 Å². The van der Waals surface area contributed by atoms with Gasteiger partial charge in [0.15, 0.2) is 0 Å². The molecule has 5 amide bonds. The van der Waals surface area contributed by atoms with E-state index in [1.807, 2.05) is 34.6 Å². The molecule has 0 aromatic heterocycles. The number of likely N-dealkylation sites (N-methyl/N-ethyl adjacent to an activating group) is 1. The topological polar surface area (TPSA) is 191 Å². The predicted molar refractivity (Wildman–Crippen MR) is 175 cm³/mol. The number of likely N-dealkylation sites (tertiary alicyclic amines) is 1. The van der Waals surface area contributed by atoms with E-state index in [2.05, 4.69) is 16.0 Å². The number of rotatable bonds is 14. The molecule has 1 saturated heterocycles. The van der Waals surface area contributed by atoms with Gasteiger partial charge in [-0.2, -0.15) is 17.0 Å². The summed E-state index contributed by atoms with van der Waals surface area (Å²) in [6.07, 6.45) is 2.66. The number of nitrogens with two attached hydrogens (primary N) is 1. The summed E-state index contributed by atoms with van der Waals surface area (Å²) in [7, 11) is 0.551. The molecule has 5 N–H and O–H groups in total. The van der Waals surface area contributed by atoms with Gasteiger partial charge in [0.1, 0.15) is 12.1 Å². The highest BCUT2D eigenvalue weighted by molar-refractivity contribution is 7.86. The fraction of sp³-hybridized carbons (Fsp3) is 0.839. The first-order valence-corrected chi connectivity index (χ1v) is 17.4. The number of nitrogens with zero attached hydrogens (tertiary/aromatic N) is 3. The van der Waals surface area contributed by atoms with Gasteiger partial charge in [-0.1, -0.05) is 68.2 Å². The van der Waals surface area contributed by atoms with Gasteiger partial charge in [0, 0.05) is 40.3 Å². The van der Waals surface area contributed by atoms with Crippen LogP contribution in [0.4, 0.5) is 4.79 Å². The molecule has 0 radical (unpaired) electrons. The highest BCUT2D eigenvalue weighted by atomic mass is 32.2. The van der Waals surface area contributed by atoms with Gasteiger partial charge in [-0.15, -0.1) is 0 Å². The molecule has 0 aromatic rings. The summed E-state index contributed by atoms with van der Waals surface area (Å²) in [6.45, 7) is 15.2. The SMILES string of the molecule is CC(C)[C@H]1CCN(C(=O)[C@@H](NC(=O)N[C@H](CN(C)S(=O)(=O)N(C)C)C(C)(C)C)C(C)(C)C)[C@@H]1C(=O)NC(CC1CC1)C(=O)C(N)=O. The first-order chi connectivity index (χ1) is 20.9. The van der Waals surface area contributed by atoms with Crippen LogP contribution in [0.1, 0.15) is 81.1 Å². The Hall–Kier alpha value is -2.78. The molecule has 1 aliphatic carbocycles. The summed E-state index contributed by atoms with van der Waals surface area (Å²) in [5.74, 6) is -2.93. The van der Waals surface area contributed by atoms with Crippen molar-refractivity contribution in [2.75, 3.05) is 34.2 Å². The van der Waals surface area contributed by atoms with Crippen molar-refractivity contribution in [3.05, 3.63) is 0 Å². The molecule has 1 unspecified atom stereocenters. The number of hydrogen-bond donors (Lipinski definition) is 4. The number of ketones is 1. The van der Waals surface area contributed by atoms with Gasteiger partial charge in [0.05, 0.1) is 6.04 Å². The summed E-state index contributed by atoms with van der Waals surface area (Å²) in [4.78, 5) is 67.4. The lowest BCUT2D eigenvalue weighted by molar-refractivity contribution is -0.144. The molecular weight excluding hydrogens is 614 g/mol. The van der Waals surface area contributed by atoms with E-state index in [4.69, 9.17) is 5.73 Å². The van der Waals surface area contributed by atoms with Crippen molar-refractivity contribution in [2.45, 2.75) is 105 Å². The van der Waals surface area contributed by atoms with Gasteiger partial charge < -0.3 is 26.6 Å². The van der Waals surface area contributed by atoms with Crippen LogP contribution in [0.25, 0.3) is 0 Å². The maximum atomic E-state index is 14.3. The molecule has 46 heavy (non-hydrogen) atoms. The number of hydrogen-bond acceptors (Lipinski definition) is 7. The zero-order valence-corrected chi connectivity index (χ0v) is 30.3. The number of carbonyl (C=O) groups excluding carboxylic acids is 5. The number of carbonyl (C=O) groups is 5. The monoisotopic (exact) mass is 671 g/mol. The second-order valence-electron chi connectivity index (χ2n) is 15.5. The van der Waals surface area contributed by atoms with Crippen LogP contribution in [-0.4, -0.2) is 110 Å². The van der Waals surface area contributed by atoms with Crippen LogP contribution in [0.2, 0.25) is 0 Å². The number of nitrogens with one attached hydrogen (secondary N) is 3. The minimum atomic E-state index is -3.74. The molecule has 2 rings (SSSR count). The van der Waals surface area contributed by atoms with Crippen LogP contribution in [-0.2, 0) is 29.4 Å². The molecule has 2 fully saturated rings. The summed E-state index contributed by atoms with van der Waals surface area (Å²) >= 11 is 0. The highest BCUT2D eigenvalue weighted by Gasteiger charge is 2.48. The van der Waals surface area contributed by atoms with E-state index < -0.39 is 74.7 Å². The third-order valence-electron chi connectivity index (χ3n) is 9.03. The fourth-order valence-corrected chi connectivity index (χ4v) is 6.65. The van der Waals surface area contributed by atoms with Crippen LogP contribution >= 0.6 is 0 Å². The minimum absolute atomic E-state index is 0.0119. The van der Waals surface area contributed by atoms with Crippen molar-refractivity contribution in [3.63, 3.8) is 0 Å². The third-order valence-corrected chi connectivity index (χ3v) is 10.9. The minimum Gasteiger partial charge on any atom is -0.363 e. The molecule has 1 saturated carbocycles. The Morgan fingerprint density at radius 1 is 0.891 bits per heavy atom. The maximum absolute atomic E-state index is 14.3. The zero-order valence-electron chi connectivity index (χ0n) is 29.5. The first kappa shape index (κ1) is 39.4. The normalized spacial score (nSPS) is 21.2. The molecule has 14 nitrogen and oxygen atoms in total. The fourth-order valence-electron chi connectivity index (χ4n) is 5.76. The van der Waals surface area contributed by atoms with Crippen molar-refractivity contribution in [1.29, 1.82) is 0 Å². The van der Waals surface area contributed by atoms with Gasteiger partial charge in [-0.25, -0.2) is 4.79 Å². The van der Waals surface area contributed by atoms with E-state index in [-0.39, 0.29) is 30.8 Å². The number of Topliss-reactive ketones (excluding diaryl/α,β-unsaturated/α-hetero) is 1. The average molecular weight is 672 g/mol.